The van der Waals surface area contributed by atoms with Gasteiger partial charge in [-0.1, -0.05) is 0 Å². The van der Waals surface area contributed by atoms with Crippen molar-refractivity contribution in [1.29, 1.82) is 0 Å². The van der Waals surface area contributed by atoms with Crippen LogP contribution < -0.4 is 10.6 Å². The molecule has 1 rings (SSSR count). The Morgan fingerprint density at radius 1 is 1.23 bits per heavy atom. The number of carbonyl (C=O) groups excluding carboxylic acids is 2. The first kappa shape index (κ1) is 20.4. The number of rotatable bonds is 7. The van der Waals surface area contributed by atoms with Gasteiger partial charge in [-0.15, -0.1) is 12.4 Å². The van der Waals surface area contributed by atoms with Gasteiger partial charge in [0.05, 0.1) is 12.2 Å². The highest BCUT2D eigenvalue weighted by molar-refractivity contribution is 5.92. The predicted molar refractivity (Wildman–Crippen MR) is 87.2 cm³/mol. The number of hydrogen-bond donors (Lipinski definition) is 3. The first-order valence-corrected chi connectivity index (χ1v) is 6.80. The Hall–Kier alpha value is -1.63. The minimum Gasteiger partial charge on any atom is -0.462 e. The standard InChI is InChI=1S/C15H22N2O4.ClH/c1-11(18)17-13-7-5-12(6-8-13)14(19)21-10-4-9-16-15(2,3)20;/h5-8,16,20H,4,9-10H2,1-3H3,(H,17,18);1H. The minimum absolute atomic E-state index is 0. The van der Waals surface area contributed by atoms with Gasteiger partial charge in [0.15, 0.2) is 0 Å². The molecule has 1 aromatic rings. The Morgan fingerprint density at radius 2 is 1.82 bits per heavy atom. The number of nitrogens with one attached hydrogen (secondary N) is 2. The molecule has 3 N–H and O–H groups in total. The smallest absolute Gasteiger partial charge is 0.338 e. The van der Waals surface area contributed by atoms with Gasteiger partial charge in [-0.05, 0) is 44.5 Å². The van der Waals surface area contributed by atoms with E-state index >= 15 is 0 Å². The molecule has 0 bridgehead atoms. The lowest BCUT2D eigenvalue weighted by atomic mass is 10.2. The third-order valence-corrected chi connectivity index (χ3v) is 2.55. The van der Waals surface area contributed by atoms with Crippen molar-refractivity contribution in [2.24, 2.45) is 0 Å². The lowest BCUT2D eigenvalue weighted by Crippen LogP contribution is -2.39. The Bertz CT molecular complexity index is 483. The van der Waals surface area contributed by atoms with Crippen LogP contribution in [0.15, 0.2) is 24.3 Å². The average molecular weight is 331 g/mol. The first-order chi connectivity index (χ1) is 9.78. The maximum absolute atomic E-state index is 11.8. The molecule has 0 aliphatic heterocycles. The summed E-state index contributed by atoms with van der Waals surface area (Å²) in [6.45, 7) is 5.54. The monoisotopic (exact) mass is 330 g/mol. The molecular weight excluding hydrogens is 308 g/mol. The Balaban J connectivity index is 0.00000441. The van der Waals surface area contributed by atoms with Gasteiger partial charge in [-0.2, -0.15) is 0 Å². The summed E-state index contributed by atoms with van der Waals surface area (Å²) in [7, 11) is 0. The topological polar surface area (TPSA) is 87.7 Å². The number of aliphatic hydroxyl groups is 1. The molecule has 0 aromatic heterocycles. The molecule has 0 unspecified atom stereocenters. The van der Waals surface area contributed by atoms with E-state index in [4.69, 9.17) is 4.74 Å². The van der Waals surface area contributed by atoms with Crippen LogP contribution in [0.3, 0.4) is 0 Å². The van der Waals surface area contributed by atoms with E-state index in [9.17, 15) is 14.7 Å². The second kappa shape index (κ2) is 9.40. The van der Waals surface area contributed by atoms with Gasteiger partial charge in [0, 0.05) is 19.2 Å². The van der Waals surface area contributed by atoms with E-state index in [1.54, 1.807) is 38.1 Å². The molecule has 7 heteroatoms. The predicted octanol–water partition coefficient (Wildman–Crippen LogP) is 1.93. The van der Waals surface area contributed by atoms with Gasteiger partial charge >= 0.3 is 5.97 Å². The molecule has 0 aliphatic rings. The third kappa shape index (κ3) is 8.61. The zero-order valence-corrected chi connectivity index (χ0v) is 13.8. The van der Waals surface area contributed by atoms with E-state index in [1.807, 2.05) is 0 Å². The molecule has 0 spiro atoms. The minimum atomic E-state index is -0.927. The van der Waals surface area contributed by atoms with E-state index in [0.29, 0.717) is 24.2 Å². The fourth-order valence-electron chi connectivity index (χ4n) is 1.61. The van der Waals surface area contributed by atoms with Crippen LogP contribution >= 0.6 is 12.4 Å². The number of ether oxygens (including phenoxy) is 1. The summed E-state index contributed by atoms with van der Waals surface area (Å²) in [5, 5.41) is 15.0. The van der Waals surface area contributed by atoms with Crippen LogP contribution in [0.4, 0.5) is 5.69 Å². The molecule has 22 heavy (non-hydrogen) atoms. The van der Waals surface area contributed by atoms with Crippen molar-refractivity contribution < 1.29 is 19.4 Å². The van der Waals surface area contributed by atoms with Crippen molar-refractivity contribution in [3.8, 4) is 0 Å². The van der Waals surface area contributed by atoms with Crippen molar-refractivity contribution in [3.05, 3.63) is 29.8 Å². The van der Waals surface area contributed by atoms with Gasteiger partial charge in [-0.3, -0.25) is 10.1 Å². The van der Waals surface area contributed by atoms with Gasteiger partial charge in [0.2, 0.25) is 5.91 Å². The van der Waals surface area contributed by atoms with Crippen LogP contribution in [0.2, 0.25) is 0 Å². The van der Waals surface area contributed by atoms with Crippen LogP contribution in [0.1, 0.15) is 37.6 Å². The Morgan fingerprint density at radius 3 is 2.32 bits per heavy atom. The molecule has 0 saturated carbocycles. The number of amides is 1. The van der Waals surface area contributed by atoms with Gasteiger partial charge in [0.25, 0.3) is 0 Å². The number of halogens is 1. The van der Waals surface area contributed by atoms with E-state index in [2.05, 4.69) is 10.6 Å². The summed E-state index contributed by atoms with van der Waals surface area (Å²) < 4.78 is 5.12. The SMILES string of the molecule is CC(=O)Nc1ccc(C(=O)OCCCNC(C)(C)O)cc1.Cl. The molecule has 124 valence electrons. The van der Waals surface area contributed by atoms with Crippen LogP contribution in [0.5, 0.6) is 0 Å². The maximum atomic E-state index is 11.8. The zero-order valence-electron chi connectivity index (χ0n) is 13.0. The van der Waals surface area contributed by atoms with Crippen molar-refractivity contribution in [3.63, 3.8) is 0 Å². The molecule has 0 atom stereocenters. The third-order valence-electron chi connectivity index (χ3n) is 2.55. The van der Waals surface area contributed by atoms with E-state index in [-0.39, 0.29) is 24.9 Å². The van der Waals surface area contributed by atoms with Gasteiger partial charge < -0.3 is 15.2 Å². The van der Waals surface area contributed by atoms with E-state index in [1.165, 1.54) is 6.92 Å². The second-order valence-electron chi connectivity index (χ2n) is 5.23. The van der Waals surface area contributed by atoms with Crippen LogP contribution in [-0.4, -0.2) is 35.9 Å². The first-order valence-electron chi connectivity index (χ1n) is 6.80. The highest BCUT2D eigenvalue weighted by Crippen LogP contribution is 2.10. The molecule has 0 radical (unpaired) electrons. The fourth-order valence-corrected chi connectivity index (χ4v) is 1.61. The quantitative estimate of drug-likeness (QED) is 0.404. The lowest BCUT2D eigenvalue weighted by Gasteiger charge is -2.18. The maximum Gasteiger partial charge on any atom is 0.338 e. The molecule has 0 fully saturated rings. The molecule has 0 saturated heterocycles. The summed E-state index contributed by atoms with van der Waals surface area (Å²) in [4.78, 5) is 22.6. The molecule has 0 aliphatic carbocycles. The van der Waals surface area contributed by atoms with Crippen molar-refractivity contribution in [1.82, 2.24) is 5.32 Å². The molecule has 1 aromatic carbocycles. The lowest BCUT2D eigenvalue weighted by molar-refractivity contribution is -0.114. The van der Waals surface area contributed by atoms with Crippen LogP contribution in [0.25, 0.3) is 0 Å². The molecule has 0 heterocycles. The molecular formula is C15H23ClN2O4. The summed E-state index contributed by atoms with van der Waals surface area (Å²) >= 11 is 0. The second-order valence-corrected chi connectivity index (χ2v) is 5.23. The molecule has 1 amide bonds. The summed E-state index contributed by atoms with van der Waals surface area (Å²) in [6, 6.07) is 6.49. The average Bonchev–Trinajstić information content (AvgIpc) is 2.37. The van der Waals surface area contributed by atoms with E-state index < -0.39 is 11.7 Å². The van der Waals surface area contributed by atoms with Crippen molar-refractivity contribution in [2.45, 2.75) is 32.9 Å². The fraction of sp³-hybridized carbons (Fsp3) is 0.467. The van der Waals surface area contributed by atoms with Crippen LogP contribution in [0, 0.1) is 0 Å². The van der Waals surface area contributed by atoms with Gasteiger partial charge in [-0.25, -0.2) is 4.79 Å². The number of hydrogen-bond acceptors (Lipinski definition) is 5. The van der Waals surface area contributed by atoms with Crippen molar-refractivity contribution >= 4 is 30.0 Å². The molecule has 6 nitrogen and oxygen atoms in total. The van der Waals surface area contributed by atoms with Crippen molar-refractivity contribution in [2.75, 3.05) is 18.5 Å². The number of esters is 1. The van der Waals surface area contributed by atoms with Crippen LogP contribution in [-0.2, 0) is 9.53 Å². The van der Waals surface area contributed by atoms with Gasteiger partial charge in [0.1, 0.15) is 5.72 Å². The summed E-state index contributed by atoms with van der Waals surface area (Å²) in [6.07, 6.45) is 0.611. The summed E-state index contributed by atoms with van der Waals surface area (Å²) in [5.41, 5.74) is 0.136. The number of carbonyl (C=O) groups is 2. The summed E-state index contributed by atoms with van der Waals surface area (Å²) in [5.74, 6) is -0.572. The largest absolute Gasteiger partial charge is 0.462 e. The highest BCUT2D eigenvalue weighted by Gasteiger charge is 2.10. The Kier molecular flexibility index (Phi) is 8.70. The Labute approximate surface area is 136 Å². The normalized spacial score (nSPS) is 10.5. The number of anilines is 1. The number of benzene rings is 1. The highest BCUT2D eigenvalue weighted by atomic mass is 35.5. The zero-order chi connectivity index (χ0) is 15.9. The van der Waals surface area contributed by atoms with E-state index in [0.717, 1.165) is 0 Å².